The highest BCUT2D eigenvalue weighted by atomic mass is 16.2. The molecule has 0 aliphatic heterocycles. The molecule has 2 N–H and O–H groups in total. The summed E-state index contributed by atoms with van der Waals surface area (Å²) in [6.45, 7) is 5.86. The maximum absolute atomic E-state index is 12.3. The van der Waals surface area contributed by atoms with Crippen molar-refractivity contribution in [2.75, 3.05) is 12.4 Å². The standard InChI is InChI=1S/C18H24N4O2/c1-11-6-7-14(18(24)19-4)10-16(11)20-17(23)9-8-15-12(2)21-22(5)13(15)3/h6-7,10H,8-9H2,1-5H3,(H,19,24)(H,20,23). The third kappa shape index (κ3) is 3.82. The van der Waals surface area contributed by atoms with Crippen molar-refractivity contribution in [2.45, 2.75) is 33.6 Å². The lowest BCUT2D eigenvalue weighted by Gasteiger charge is -2.10. The quantitative estimate of drug-likeness (QED) is 0.884. The number of amides is 2. The zero-order valence-electron chi connectivity index (χ0n) is 14.9. The molecule has 0 saturated carbocycles. The molecule has 0 bridgehead atoms. The van der Waals surface area contributed by atoms with Crippen LogP contribution in [0.15, 0.2) is 18.2 Å². The number of nitrogens with one attached hydrogen (secondary N) is 2. The van der Waals surface area contributed by atoms with Gasteiger partial charge in [-0.1, -0.05) is 6.07 Å². The van der Waals surface area contributed by atoms with E-state index in [0.717, 1.165) is 22.5 Å². The lowest BCUT2D eigenvalue weighted by Crippen LogP contribution is -2.19. The van der Waals surface area contributed by atoms with Gasteiger partial charge in [0.05, 0.1) is 5.69 Å². The van der Waals surface area contributed by atoms with Gasteiger partial charge in [0.25, 0.3) is 5.91 Å². The fraction of sp³-hybridized carbons (Fsp3) is 0.389. The van der Waals surface area contributed by atoms with Crippen molar-refractivity contribution in [3.8, 4) is 0 Å². The summed E-state index contributed by atoms with van der Waals surface area (Å²) in [6, 6.07) is 5.27. The molecular weight excluding hydrogens is 304 g/mol. The van der Waals surface area contributed by atoms with Gasteiger partial charge in [-0.15, -0.1) is 0 Å². The van der Waals surface area contributed by atoms with Crippen LogP contribution >= 0.6 is 0 Å². The van der Waals surface area contributed by atoms with Crippen LogP contribution in [0.1, 0.15) is 39.3 Å². The van der Waals surface area contributed by atoms with Crippen LogP contribution in [0.2, 0.25) is 0 Å². The maximum atomic E-state index is 12.3. The molecule has 2 aromatic rings. The van der Waals surface area contributed by atoms with Gasteiger partial charge < -0.3 is 10.6 Å². The van der Waals surface area contributed by atoms with Gasteiger partial charge in [0.1, 0.15) is 0 Å². The van der Waals surface area contributed by atoms with Crippen LogP contribution in [0.5, 0.6) is 0 Å². The van der Waals surface area contributed by atoms with Crippen molar-refractivity contribution in [1.29, 1.82) is 0 Å². The topological polar surface area (TPSA) is 76.0 Å². The van der Waals surface area contributed by atoms with Gasteiger partial charge in [-0.05, 0) is 50.5 Å². The molecule has 0 atom stereocenters. The summed E-state index contributed by atoms with van der Waals surface area (Å²) >= 11 is 0. The van der Waals surface area contributed by atoms with Crippen molar-refractivity contribution in [1.82, 2.24) is 15.1 Å². The average molecular weight is 328 g/mol. The Labute approximate surface area is 142 Å². The fourth-order valence-electron chi connectivity index (χ4n) is 2.67. The highest BCUT2D eigenvalue weighted by Crippen LogP contribution is 2.18. The summed E-state index contributed by atoms with van der Waals surface area (Å²) in [5, 5.41) is 9.85. The van der Waals surface area contributed by atoms with Crippen LogP contribution < -0.4 is 10.6 Å². The Kier molecular flexibility index (Phi) is 5.39. The van der Waals surface area contributed by atoms with Crippen LogP contribution in [-0.4, -0.2) is 28.6 Å². The summed E-state index contributed by atoms with van der Waals surface area (Å²) in [4.78, 5) is 24.0. The summed E-state index contributed by atoms with van der Waals surface area (Å²) in [6.07, 6.45) is 1.02. The van der Waals surface area contributed by atoms with Crippen molar-refractivity contribution in [2.24, 2.45) is 7.05 Å². The molecule has 0 aliphatic carbocycles. The molecule has 0 fully saturated rings. The molecular formula is C18H24N4O2. The first-order chi connectivity index (χ1) is 11.3. The highest BCUT2D eigenvalue weighted by Gasteiger charge is 2.13. The number of anilines is 1. The van der Waals surface area contributed by atoms with Crippen molar-refractivity contribution in [3.05, 3.63) is 46.3 Å². The Hall–Kier alpha value is -2.63. The van der Waals surface area contributed by atoms with Crippen molar-refractivity contribution in [3.63, 3.8) is 0 Å². The molecule has 0 saturated heterocycles. The van der Waals surface area contributed by atoms with Gasteiger partial charge in [-0.25, -0.2) is 0 Å². The molecule has 0 radical (unpaired) electrons. The Morgan fingerprint density at radius 3 is 2.50 bits per heavy atom. The predicted octanol–water partition coefficient (Wildman–Crippen LogP) is 2.28. The molecule has 1 aromatic carbocycles. The number of hydrogen-bond donors (Lipinski definition) is 2. The number of benzene rings is 1. The van der Waals surface area contributed by atoms with Gasteiger partial charge in [0, 0.05) is 37.5 Å². The van der Waals surface area contributed by atoms with Crippen LogP contribution in [0, 0.1) is 20.8 Å². The Morgan fingerprint density at radius 1 is 1.21 bits per heavy atom. The average Bonchev–Trinajstić information content (AvgIpc) is 2.79. The smallest absolute Gasteiger partial charge is 0.251 e. The summed E-state index contributed by atoms with van der Waals surface area (Å²) in [7, 11) is 3.48. The first kappa shape index (κ1) is 17.7. The fourth-order valence-corrected chi connectivity index (χ4v) is 2.67. The molecule has 2 rings (SSSR count). The second-order valence-corrected chi connectivity index (χ2v) is 5.93. The molecule has 0 unspecified atom stereocenters. The SMILES string of the molecule is CNC(=O)c1ccc(C)c(NC(=O)CCc2c(C)nn(C)c2C)c1. The van der Waals surface area contributed by atoms with E-state index in [1.165, 1.54) is 0 Å². The number of rotatable bonds is 5. The van der Waals surface area contributed by atoms with Gasteiger partial charge in [-0.3, -0.25) is 14.3 Å². The lowest BCUT2D eigenvalue weighted by atomic mass is 10.1. The van der Waals surface area contributed by atoms with E-state index < -0.39 is 0 Å². The zero-order valence-corrected chi connectivity index (χ0v) is 14.9. The van der Waals surface area contributed by atoms with Gasteiger partial charge in [0.15, 0.2) is 0 Å². The van der Waals surface area contributed by atoms with Gasteiger partial charge >= 0.3 is 0 Å². The first-order valence-corrected chi connectivity index (χ1v) is 7.95. The van der Waals surface area contributed by atoms with E-state index >= 15 is 0 Å². The molecule has 1 aromatic heterocycles. The van der Waals surface area contributed by atoms with Gasteiger partial charge in [-0.2, -0.15) is 5.10 Å². The number of aromatic nitrogens is 2. The second kappa shape index (κ2) is 7.29. The molecule has 128 valence electrons. The first-order valence-electron chi connectivity index (χ1n) is 7.95. The van der Waals surface area contributed by atoms with Crippen LogP contribution in [0.4, 0.5) is 5.69 Å². The summed E-state index contributed by atoms with van der Waals surface area (Å²) in [5.74, 6) is -0.248. The molecule has 0 spiro atoms. The van der Waals surface area contributed by atoms with E-state index in [4.69, 9.17) is 0 Å². The Bertz CT molecular complexity index is 778. The minimum atomic E-state index is -0.174. The molecule has 6 nitrogen and oxygen atoms in total. The number of carbonyl (C=O) groups excluding carboxylic acids is 2. The summed E-state index contributed by atoms with van der Waals surface area (Å²) < 4.78 is 1.83. The van der Waals surface area contributed by atoms with E-state index in [9.17, 15) is 9.59 Å². The number of hydrogen-bond acceptors (Lipinski definition) is 3. The Morgan fingerprint density at radius 2 is 1.92 bits per heavy atom. The minimum absolute atomic E-state index is 0.0743. The Balaban J connectivity index is 2.06. The van der Waals surface area contributed by atoms with Crippen LogP contribution in [0.25, 0.3) is 0 Å². The van der Waals surface area contributed by atoms with E-state index in [2.05, 4.69) is 15.7 Å². The second-order valence-electron chi connectivity index (χ2n) is 5.93. The van der Waals surface area contributed by atoms with Crippen molar-refractivity contribution < 1.29 is 9.59 Å². The number of carbonyl (C=O) groups is 2. The zero-order chi connectivity index (χ0) is 17.9. The van der Waals surface area contributed by atoms with E-state index in [1.807, 2.05) is 38.6 Å². The monoisotopic (exact) mass is 328 g/mol. The van der Waals surface area contributed by atoms with E-state index in [0.29, 0.717) is 24.1 Å². The van der Waals surface area contributed by atoms with Crippen molar-refractivity contribution >= 4 is 17.5 Å². The highest BCUT2D eigenvalue weighted by molar-refractivity contribution is 5.97. The molecule has 1 heterocycles. The van der Waals surface area contributed by atoms with Gasteiger partial charge in [0.2, 0.25) is 5.91 Å². The number of nitrogens with zero attached hydrogens (tertiary/aromatic N) is 2. The predicted molar refractivity (Wildman–Crippen MR) is 94.2 cm³/mol. The largest absolute Gasteiger partial charge is 0.355 e. The molecule has 24 heavy (non-hydrogen) atoms. The minimum Gasteiger partial charge on any atom is -0.355 e. The normalized spacial score (nSPS) is 10.5. The lowest BCUT2D eigenvalue weighted by molar-refractivity contribution is -0.116. The molecule has 6 heteroatoms. The van der Waals surface area contributed by atoms with Crippen LogP contribution in [-0.2, 0) is 18.3 Å². The summed E-state index contributed by atoms with van der Waals surface area (Å²) in [5.41, 5.74) is 5.27. The van der Waals surface area contributed by atoms with E-state index in [-0.39, 0.29) is 11.8 Å². The third-order valence-electron chi connectivity index (χ3n) is 4.26. The maximum Gasteiger partial charge on any atom is 0.251 e. The number of aryl methyl sites for hydroxylation is 3. The molecule has 0 aliphatic rings. The van der Waals surface area contributed by atoms with Crippen LogP contribution in [0.3, 0.4) is 0 Å². The molecule has 2 amide bonds. The van der Waals surface area contributed by atoms with E-state index in [1.54, 1.807) is 19.2 Å². The third-order valence-corrected chi connectivity index (χ3v) is 4.26.